The number of hydrogen-bond acceptors (Lipinski definition) is 10. The van der Waals surface area contributed by atoms with Gasteiger partial charge in [-0.2, -0.15) is 5.10 Å². The number of hydrogen-bond donors (Lipinski definition) is 2. The Kier molecular flexibility index (Phi) is 11.1. The molecule has 2 N–H and O–H groups in total. The predicted molar refractivity (Wildman–Crippen MR) is 175 cm³/mol. The monoisotopic (exact) mass is 661 g/mol. The van der Waals surface area contributed by atoms with E-state index in [2.05, 4.69) is 15.8 Å². The van der Waals surface area contributed by atoms with Crippen LogP contribution in [0.4, 0.5) is 17.1 Å². The van der Waals surface area contributed by atoms with Gasteiger partial charge < -0.3 is 19.5 Å². The van der Waals surface area contributed by atoms with E-state index in [-0.39, 0.29) is 34.3 Å². The van der Waals surface area contributed by atoms with Crippen LogP contribution in [0.1, 0.15) is 11.1 Å². The molecule has 0 aliphatic carbocycles. The molecule has 0 spiro atoms. The molecule has 4 aromatic rings. The van der Waals surface area contributed by atoms with Crippen LogP contribution < -0.4 is 29.3 Å². The molecule has 0 aliphatic heterocycles. The summed E-state index contributed by atoms with van der Waals surface area (Å²) in [6, 6.07) is 22.9. The Morgan fingerprint density at radius 2 is 1.60 bits per heavy atom. The normalized spacial score (nSPS) is 11.0. The van der Waals surface area contributed by atoms with Crippen LogP contribution in [-0.4, -0.2) is 58.7 Å². The summed E-state index contributed by atoms with van der Waals surface area (Å²) in [7, 11) is -1.48. The van der Waals surface area contributed by atoms with Crippen LogP contribution in [0.25, 0.3) is 0 Å². The first-order valence-electron chi connectivity index (χ1n) is 13.9. The van der Waals surface area contributed by atoms with E-state index < -0.39 is 27.4 Å². The molecule has 0 saturated heterocycles. The lowest BCUT2D eigenvalue weighted by Gasteiger charge is -2.24. The number of carbonyl (C=O) groups is 2. The van der Waals surface area contributed by atoms with Crippen LogP contribution in [0.2, 0.25) is 0 Å². The smallest absolute Gasteiger partial charge is 0.273 e. The van der Waals surface area contributed by atoms with Crippen LogP contribution in [0.15, 0.2) is 101 Å². The molecule has 0 aromatic heterocycles. The van der Waals surface area contributed by atoms with Crippen molar-refractivity contribution in [2.75, 3.05) is 37.0 Å². The molecule has 0 bridgehead atoms. The van der Waals surface area contributed by atoms with E-state index in [9.17, 15) is 28.1 Å². The highest BCUT2D eigenvalue weighted by atomic mass is 32.2. The van der Waals surface area contributed by atoms with Gasteiger partial charge >= 0.3 is 0 Å². The van der Waals surface area contributed by atoms with Gasteiger partial charge in [0, 0.05) is 11.6 Å². The number of benzene rings is 4. The van der Waals surface area contributed by atoms with Gasteiger partial charge in [0.05, 0.1) is 41.6 Å². The fourth-order valence-electron chi connectivity index (χ4n) is 4.21. The summed E-state index contributed by atoms with van der Waals surface area (Å²) in [4.78, 5) is 35.6. The summed E-state index contributed by atoms with van der Waals surface area (Å²) in [5.41, 5.74) is 3.42. The zero-order valence-electron chi connectivity index (χ0n) is 25.6. The lowest BCUT2D eigenvalue weighted by Crippen LogP contribution is -2.39. The number of hydrazone groups is 1. The number of ether oxygens (including phenoxy) is 3. The van der Waals surface area contributed by atoms with Gasteiger partial charge in [-0.1, -0.05) is 18.2 Å². The van der Waals surface area contributed by atoms with E-state index in [1.165, 1.54) is 63.8 Å². The number of anilines is 2. The summed E-state index contributed by atoms with van der Waals surface area (Å²) in [5, 5.41) is 18.1. The molecule has 0 aliphatic rings. The predicted octanol–water partition coefficient (Wildman–Crippen LogP) is 4.28. The average Bonchev–Trinajstić information content (AvgIpc) is 3.07. The van der Waals surface area contributed by atoms with Gasteiger partial charge in [-0.05, 0) is 79.2 Å². The Morgan fingerprint density at radius 3 is 2.26 bits per heavy atom. The fraction of sp³-hybridized carbons (Fsp3) is 0.156. The molecule has 2 amide bonds. The molecule has 0 unspecified atom stereocenters. The SMILES string of the molecule is COc1ccc(N(CC(=O)N/N=C\c2ccc(OCC(=O)Nc3ccccc3OC)cc2)S(=O)(=O)c2ccc(C)c([N+](=O)[O-])c2)cc1. The second-order valence-electron chi connectivity index (χ2n) is 9.81. The number of nitrogens with zero attached hydrogens (tertiary/aromatic N) is 3. The van der Waals surface area contributed by atoms with Gasteiger partial charge in [-0.25, -0.2) is 13.8 Å². The number of methoxy groups -OCH3 is 2. The molecule has 0 radical (unpaired) electrons. The van der Waals surface area contributed by atoms with E-state index in [1.807, 2.05) is 0 Å². The second kappa shape index (κ2) is 15.4. The Bertz CT molecular complexity index is 1880. The third-order valence-electron chi connectivity index (χ3n) is 6.65. The van der Waals surface area contributed by atoms with Crippen molar-refractivity contribution in [3.63, 3.8) is 0 Å². The Balaban J connectivity index is 1.40. The van der Waals surface area contributed by atoms with Crippen molar-refractivity contribution in [2.45, 2.75) is 11.8 Å². The molecule has 47 heavy (non-hydrogen) atoms. The number of para-hydroxylation sites is 2. The summed E-state index contributed by atoms with van der Waals surface area (Å²) in [6.45, 7) is 0.563. The summed E-state index contributed by atoms with van der Waals surface area (Å²) < 4.78 is 44.0. The molecular formula is C32H31N5O9S. The average molecular weight is 662 g/mol. The molecule has 4 aromatic carbocycles. The quantitative estimate of drug-likeness (QED) is 0.113. The highest BCUT2D eigenvalue weighted by Gasteiger charge is 2.29. The van der Waals surface area contributed by atoms with Crippen molar-refractivity contribution in [3.05, 3.63) is 112 Å². The molecule has 0 saturated carbocycles. The van der Waals surface area contributed by atoms with Gasteiger partial charge in [-0.3, -0.25) is 24.0 Å². The maximum absolute atomic E-state index is 13.7. The molecule has 15 heteroatoms. The second-order valence-corrected chi connectivity index (χ2v) is 11.7. The van der Waals surface area contributed by atoms with Crippen molar-refractivity contribution in [2.24, 2.45) is 5.10 Å². The van der Waals surface area contributed by atoms with E-state index in [4.69, 9.17) is 14.2 Å². The molecule has 4 rings (SSSR count). The van der Waals surface area contributed by atoms with E-state index >= 15 is 0 Å². The number of nitro groups is 1. The Hall–Kier alpha value is -5.96. The summed E-state index contributed by atoms with van der Waals surface area (Å²) >= 11 is 0. The lowest BCUT2D eigenvalue weighted by molar-refractivity contribution is -0.385. The highest BCUT2D eigenvalue weighted by molar-refractivity contribution is 7.92. The van der Waals surface area contributed by atoms with Crippen molar-refractivity contribution < 1.29 is 37.1 Å². The van der Waals surface area contributed by atoms with Crippen LogP contribution in [0.5, 0.6) is 17.2 Å². The molecular weight excluding hydrogens is 630 g/mol. The number of amides is 2. The molecule has 244 valence electrons. The van der Waals surface area contributed by atoms with Crippen LogP contribution in [0, 0.1) is 17.0 Å². The van der Waals surface area contributed by atoms with E-state index in [1.54, 1.807) is 48.5 Å². The van der Waals surface area contributed by atoms with Crippen LogP contribution in [0.3, 0.4) is 0 Å². The standard InChI is InChI=1S/C32H31N5O9S/c1-22-8-17-27(18-29(22)37(40)41)47(42,43)36(24-11-15-25(44-2)16-12-24)20-31(38)35-33-19-23-9-13-26(14-10-23)46-21-32(39)34-28-6-4-5-7-30(28)45-3/h4-19H,20-21H2,1-3H3,(H,34,39)(H,35,38)/b33-19-. The lowest BCUT2D eigenvalue weighted by atomic mass is 10.2. The Morgan fingerprint density at radius 1 is 0.915 bits per heavy atom. The maximum atomic E-state index is 13.7. The summed E-state index contributed by atoms with van der Waals surface area (Å²) in [6.07, 6.45) is 1.34. The van der Waals surface area contributed by atoms with Crippen molar-refractivity contribution in [1.82, 2.24) is 5.43 Å². The van der Waals surface area contributed by atoms with Gasteiger partial charge in [0.25, 0.3) is 27.5 Å². The van der Waals surface area contributed by atoms with Crippen molar-refractivity contribution in [3.8, 4) is 17.2 Å². The highest BCUT2D eigenvalue weighted by Crippen LogP contribution is 2.29. The first-order chi connectivity index (χ1) is 22.5. The molecule has 14 nitrogen and oxygen atoms in total. The van der Waals surface area contributed by atoms with Gasteiger partial charge in [0.15, 0.2) is 6.61 Å². The molecule has 0 fully saturated rings. The number of nitrogens with one attached hydrogen (secondary N) is 2. The van der Waals surface area contributed by atoms with Gasteiger partial charge in [-0.15, -0.1) is 0 Å². The maximum Gasteiger partial charge on any atom is 0.273 e. The van der Waals surface area contributed by atoms with Crippen LogP contribution >= 0.6 is 0 Å². The van der Waals surface area contributed by atoms with E-state index in [0.29, 0.717) is 28.5 Å². The minimum Gasteiger partial charge on any atom is -0.497 e. The van der Waals surface area contributed by atoms with E-state index in [0.717, 1.165) is 10.4 Å². The number of carbonyl (C=O) groups excluding carboxylic acids is 2. The molecule has 0 heterocycles. The fourth-order valence-corrected chi connectivity index (χ4v) is 5.66. The van der Waals surface area contributed by atoms with Gasteiger partial charge in [0.1, 0.15) is 23.8 Å². The number of sulfonamides is 1. The first-order valence-corrected chi connectivity index (χ1v) is 15.4. The zero-order chi connectivity index (χ0) is 34.0. The van der Waals surface area contributed by atoms with Gasteiger partial charge in [0.2, 0.25) is 0 Å². The van der Waals surface area contributed by atoms with Crippen molar-refractivity contribution >= 4 is 45.1 Å². The minimum absolute atomic E-state index is 0.125. The topological polar surface area (TPSA) is 179 Å². The number of nitro benzene ring substituents is 1. The van der Waals surface area contributed by atoms with Crippen molar-refractivity contribution in [1.29, 1.82) is 0 Å². The molecule has 0 atom stereocenters. The third-order valence-corrected chi connectivity index (χ3v) is 8.42. The Labute approximate surface area is 270 Å². The first kappa shape index (κ1) is 33.9. The minimum atomic E-state index is -4.43. The number of rotatable bonds is 14. The third kappa shape index (κ3) is 8.82. The zero-order valence-corrected chi connectivity index (χ0v) is 26.4. The summed E-state index contributed by atoms with van der Waals surface area (Å²) in [5.74, 6) is 0.235. The largest absolute Gasteiger partial charge is 0.497 e. The van der Waals surface area contributed by atoms with Crippen LogP contribution in [-0.2, 0) is 19.6 Å². The number of aryl methyl sites for hydroxylation is 1.